The molecule has 0 aromatic heterocycles. The fourth-order valence-corrected chi connectivity index (χ4v) is 3.84. The SMILES string of the molecule is COc1ccc(S(=O)(=O)N[C@H](C(=O)NCCOc2cccc(F)c2)C(C)C)cc1. The summed E-state index contributed by atoms with van der Waals surface area (Å²) in [5, 5.41) is 2.64. The van der Waals surface area contributed by atoms with Crippen molar-refractivity contribution < 1.29 is 27.1 Å². The van der Waals surface area contributed by atoms with Crippen LogP contribution in [0.3, 0.4) is 0 Å². The van der Waals surface area contributed by atoms with Crippen LogP contribution in [-0.2, 0) is 14.8 Å². The van der Waals surface area contributed by atoms with Crippen LogP contribution in [0, 0.1) is 11.7 Å². The van der Waals surface area contributed by atoms with Crippen molar-refractivity contribution in [1.29, 1.82) is 0 Å². The van der Waals surface area contributed by atoms with E-state index in [4.69, 9.17) is 9.47 Å². The number of ether oxygens (including phenoxy) is 2. The Kier molecular flexibility index (Phi) is 7.98. The van der Waals surface area contributed by atoms with Crippen LogP contribution < -0.4 is 19.5 Å². The Morgan fingerprint density at radius 3 is 2.38 bits per heavy atom. The van der Waals surface area contributed by atoms with E-state index in [1.54, 1.807) is 19.9 Å². The van der Waals surface area contributed by atoms with Crippen LogP contribution >= 0.6 is 0 Å². The molecule has 0 aliphatic rings. The van der Waals surface area contributed by atoms with Crippen molar-refractivity contribution in [2.24, 2.45) is 5.92 Å². The van der Waals surface area contributed by atoms with Gasteiger partial charge in [-0.05, 0) is 42.3 Å². The molecule has 0 saturated carbocycles. The van der Waals surface area contributed by atoms with Gasteiger partial charge in [-0.25, -0.2) is 12.8 Å². The molecule has 2 rings (SSSR count). The average molecular weight is 424 g/mol. The van der Waals surface area contributed by atoms with Crippen LogP contribution in [-0.4, -0.2) is 40.6 Å². The normalized spacial score (nSPS) is 12.4. The summed E-state index contributed by atoms with van der Waals surface area (Å²) < 4.78 is 51.2. The Labute approximate surface area is 170 Å². The summed E-state index contributed by atoms with van der Waals surface area (Å²) in [5.74, 6) is -0.299. The minimum atomic E-state index is -3.89. The van der Waals surface area contributed by atoms with Crippen molar-refractivity contribution in [3.63, 3.8) is 0 Å². The largest absolute Gasteiger partial charge is 0.497 e. The average Bonchev–Trinajstić information content (AvgIpc) is 2.69. The second-order valence-electron chi connectivity index (χ2n) is 6.62. The number of hydrogen-bond donors (Lipinski definition) is 2. The highest BCUT2D eigenvalue weighted by atomic mass is 32.2. The first-order valence-electron chi connectivity index (χ1n) is 9.05. The lowest BCUT2D eigenvalue weighted by Gasteiger charge is -2.21. The first-order valence-corrected chi connectivity index (χ1v) is 10.5. The maximum atomic E-state index is 13.1. The Morgan fingerprint density at radius 2 is 1.79 bits per heavy atom. The van der Waals surface area contributed by atoms with E-state index in [0.29, 0.717) is 11.5 Å². The van der Waals surface area contributed by atoms with Crippen molar-refractivity contribution in [2.45, 2.75) is 24.8 Å². The van der Waals surface area contributed by atoms with Gasteiger partial charge in [-0.3, -0.25) is 4.79 Å². The third kappa shape index (κ3) is 6.72. The van der Waals surface area contributed by atoms with E-state index in [-0.39, 0.29) is 24.0 Å². The topological polar surface area (TPSA) is 93.7 Å². The summed E-state index contributed by atoms with van der Waals surface area (Å²) in [6.07, 6.45) is 0. The highest BCUT2D eigenvalue weighted by molar-refractivity contribution is 7.89. The van der Waals surface area contributed by atoms with Gasteiger partial charge in [-0.2, -0.15) is 4.72 Å². The molecule has 0 aliphatic carbocycles. The molecule has 1 amide bonds. The molecule has 0 unspecified atom stereocenters. The molecule has 7 nitrogen and oxygen atoms in total. The molecule has 29 heavy (non-hydrogen) atoms. The predicted molar refractivity (Wildman–Crippen MR) is 107 cm³/mol. The molecule has 158 valence electrons. The predicted octanol–water partition coefficient (Wildman–Crippen LogP) is 2.33. The third-order valence-corrected chi connectivity index (χ3v) is 5.52. The van der Waals surface area contributed by atoms with Crippen LogP contribution in [0.2, 0.25) is 0 Å². The van der Waals surface area contributed by atoms with Gasteiger partial charge in [0.15, 0.2) is 0 Å². The van der Waals surface area contributed by atoms with Crippen LogP contribution in [0.1, 0.15) is 13.8 Å². The summed E-state index contributed by atoms with van der Waals surface area (Å²) >= 11 is 0. The molecule has 2 N–H and O–H groups in total. The molecular weight excluding hydrogens is 399 g/mol. The number of hydrogen-bond acceptors (Lipinski definition) is 5. The van der Waals surface area contributed by atoms with E-state index >= 15 is 0 Å². The molecule has 0 saturated heterocycles. The lowest BCUT2D eigenvalue weighted by Crippen LogP contribution is -2.50. The maximum Gasteiger partial charge on any atom is 0.241 e. The smallest absolute Gasteiger partial charge is 0.241 e. The van der Waals surface area contributed by atoms with E-state index < -0.39 is 27.8 Å². The van der Waals surface area contributed by atoms with Crippen molar-refractivity contribution in [2.75, 3.05) is 20.3 Å². The Hall–Kier alpha value is -2.65. The number of methoxy groups -OCH3 is 1. The number of carbonyl (C=O) groups is 1. The third-order valence-electron chi connectivity index (χ3n) is 4.07. The summed E-state index contributed by atoms with van der Waals surface area (Å²) in [7, 11) is -2.41. The number of halogens is 1. The summed E-state index contributed by atoms with van der Waals surface area (Å²) in [6.45, 7) is 3.74. The van der Waals surface area contributed by atoms with E-state index in [1.807, 2.05) is 0 Å². The van der Waals surface area contributed by atoms with Crippen LogP contribution in [0.25, 0.3) is 0 Å². The minimum Gasteiger partial charge on any atom is -0.497 e. The van der Waals surface area contributed by atoms with Crippen molar-refractivity contribution in [1.82, 2.24) is 10.0 Å². The van der Waals surface area contributed by atoms with E-state index in [9.17, 15) is 17.6 Å². The van der Waals surface area contributed by atoms with Gasteiger partial charge in [0, 0.05) is 6.07 Å². The van der Waals surface area contributed by atoms with E-state index in [0.717, 1.165) is 0 Å². The molecule has 1 atom stereocenters. The number of benzene rings is 2. The zero-order valence-corrected chi connectivity index (χ0v) is 17.3. The molecule has 0 fully saturated rings. The lowest BCUT2D eigenvalue weighted by molar-refractivity contribution is -0.123. The van der Waals surface area contributed by atoms with Crippen LogP contribution in [0.4, 0.5) is 4.39 Å². The van der Waals surface area contributed by atoms with Gasteiger partial charge in [-0.1, -0.05) is 19.9 Å². The maximum absolute atomic E-state index is 13.1. The molecular formula is C20H25FN2O5S. The summed E-state index contributed by atoms with van der Waals surface area (Å²) in [6, 6.07) is 10.6. The number of rotatable bonds is 10. The van der Waals surface area contributed by atoms with Gasteiger partial charge in [0.1, 0.15) is 30.0 Å². The molecule has 0 bridgehead atoms. The Morgan fingerprint density at radius 1 is 1.10 bits per heavy atom. The summed E-state index contributed by atoms with van der Waals surface area (Å²) in [4.78, 5) is 12.5. The van der Waals surface area contributed by atoms with Gasteiger partial charge in [-0.15, -0.1) is 0 Å². The molecule has 9 heteroatoms. The standard InChI is InChI=1S/C20H25FN2O5S/c1-14(2)19(23-29(25,26)18-9-7-16(27-3)8-10-18)20(24)22-11-12-28-17-6-4-5-15(21)13-17/h4-10,13-14,19,23H,11-12H2,1-3H3,(H,22,24)/t19-/m0/s1. The molecule has 0 spiro atoms. The first kappa shape index (κ1) is 22.6. The minimum absolute atomic E-state index is 0.0335. The number of carbonyl (C=O) groups excluding carboxylic acids is 1. The van der Waals surface area contributed by atoms with Crippen molar-refractivity contribution >= 4 is 15.9 Å². The first-order chi connectivity index (χ1) is 13.7. The highest BCUT2D eigenvalue weighted by Crippen LogP contribution is 2.17. The van der Waals surface area contributed by atoms with E-state index in [2.05, 4.69) is 10.0 Å². The van der Waals surface area contributed by atoms with Crippen LogP contribution in [0.5, 0.6) is 11.5 Å². The Bertz CT molecular complexity index is 917. The van der Waals surface area contributed by atoms with Gasteiger partial charge >= 0.3 is 0 Å². The Balaban J connectivity index is 1.94. The highest BCUT2D eigenvalue weighted by Gasteiger charge is 2.28. The molecule has 2 aromatic carbocycles. The van der Waals surface area contributed by atoms with Crippen LogP contribution in [0.15, 0.2) is 53.4 Å². The lowest BCUT2D eigenvalue weighted by atomic mass is 10.1. The number of nitrogens with one attached hydrogen (secondary N) is 2. The quantitative estimate of drug-likeness (QED) is 0.571. The fourth-order valence-electron chi connectivity index (χ4n) is 2.49. The number of amides is 1. The molecule has 0 heterocycles. The molecule has 2 aromatic rings. The fraction of sp³-hybridized carbons (Fsp3) is 0.350. The second-order valence-corrected chi connectivity index (χ2v) is 8.33. The number of sulfonamides is 1. The van der Waals surface area contributed by atoms with Gasteiger partial charge in [0.25, 0.3) is 0 Å². The zero-order chi connectivity index (χ0) is 21.4. The van der Waals surface area contributed by atoms with Gasteiger partial charge in [0.2, 0.25) is 15.9 Å². The summed E-state index contributed by atoms with van der Waals surface area (Å²) in [5.41, 5.74) is 0. The molecule has 0 aliphatic heterocycles. The van der Waals surface area contributed by atoms with Gasteiger partial charge < -0.3 is 14.8 Å². The molecule has 0 radical (unpaired) electrons. The van der Waals surface area contributed by atoms with Gasteiger partial charge in [0.05, 0.1) is 18.6 Å². The second kappa shape index (κ2) is 10.2. The van der Waals surface area contributed by atoms with E-state index in [1.165, 1.54) is 49.6 Å². The monoisotopic (exact) mass is 424 g/mol. The van der Waals surface area contributed by atoms with Crippen molar-refractivity contribution in [3.05, 3.63) is 54.3 Å². The van der Waals surface area contributed by atoms with Crippen molar-refractivity contribution in [3.8, 4) is 11.5 Å². The zero-order valence-electron chi connectivity index (χ0n) is 16.5.